The zero-order valence-corrected chi connectivity index (χ0v) is 77.7. The van der Waals surface area contributed by atoms with E-state index in [0.717, 1.165) is 54.6 Å². The third-order valence-electron chi connectivity index (χ3n) is 15.8. The number of hydrogen-bond acceptors (Lipinski definition) is 28. The van der Waals surface area contributed by atoms with Gasteiger partial charge in [-0.2, -0.15) is 0 Å². The maximum Gasteiger partial charge on any atom is 0.230 e. The Morgan fingerprint density at radius 1 is 0.218 bits per heavy atom. The van der Waals surface area contributed by atoms with Gasteiger partial charge >= 0.3 is 0 Å². The quantitative estimate of drug-likeness (QED) is 0.0229. The molecular formula is C87H95Cl9O28. The van der Waals surface area contributed by atoms with Crippen molar-refractivity contribution in [3.8, 4) is 80.5 Å². The summed E-state index contributed by atoms with van der Waals surface area (Å²) in [4.78, 5) is 166. The smallest absolute Gasteiger partial charge is 0.230 e. The average Bonchev–Trinajstić information content (AvgIpc) is 0.765. The molecule has 28 nitrogen and oxygen atoms in total. The molecule has 0 aromatic heterocycles. The van der Waals surface area contributed by atoms with E-state index in [1.165, 1.54) is 18.2 Å². The summed E-state index contributed by atoms with van der Waals surface area (Å²) in [6.45, 7) is 35.8. The highest BCUT2D eigenvalue weighted by Crippen LogP contribution is 2.46. The van der Waals surface area contributed by atoms with Gasteiger partial charge in [-0.25, -0.2) is 0 Å². The summed E-state index contributed by atoms with van der Waals surface area (Å²) in [6.07, 6.45) is 0.232. The van der Waals surface area contributed by atoms with Crippen LogP contribution in [-0.2, 0) is 33.6 Å². The van der Waals surface area contributed by atoms with Crippen LogP contribution in [0.4, 0.5) is 0 Å². The number of benzene rings is 7. The Kier molecular flexibility index (Phi) is 39.7. The SMILES string of the molecule is CC(C)(C)C(=O)C(=O)c1cc(Cl)c(O)c(O)c1Cl.CC(C)(C)C(=O)C(=O)c1cc(O)c(O)c(Cl)c1.CC(C)(C)C(=O)C(=O)c1cc(O)c(O)cc1Cl.CC(C)(C)C(=O)C(=O)c1ccc(O)c(O)c1Cl.CC(C)(C)CC(=O)C(=O)c1cc(Cl)c(O)c(O)c1Cl.CC(C)(C)CC(=O)C(=O)c1cc(O)c(O)c(Cl)c1.CC(C)(C)CC(=O)C(=O)c1ccc(O)c(O)c1Cl. The molecule has 674 valence electrons. The predicted octanol–water partition coefficient (Wildman–Crippen LogP) is 20.3. The number of carbonyl (C=O) groups is 14. The summed E-state index contributed by atoms with van der Waals surface area (Å²) in [5.74, 6) is -17.4. The molecule has 7 aromatic carbocycles. The molecule has 0 bridgehead atoms. The van der Waals surface area contributed by atoms with Crippen molar-refractivity contribution in [1.29, 1.82) is 0 Å². The third kappa shape index (κ3) is 32.1. The highest BCUT2D eigenvalue weighted by Gasteiger charge is 2.37. The molecule has 0 aliphatic rings. The van der Waals surface area contributed by atoms with Gasteiger partial charge in [0.05, 0.1) is 45.2 Å². The average molecular weight is 1910 g/mol. The van der Waals surface area contributed by atoms with Crippen LogP contribution in [0.3, 0.4) is 0 Å². The maximum absolute atomic E-state index is 12.0. The van der Waals surface area contributed by atoms with E-state index in [9.17, 15) is 139 Å². The van der Waals surface area contributed by atoms with Crippen LogP contribution in [0.25, 0.3) is 0 Å². The zero-order valence-electron chi connectivity index (χ0n) is 70.9. The monoisotopic (exact) mass is 1900 g/mol. The van der Waals surface area contributed by atoms with Crippen molar-refractivity contribution in [3.05, 3.63) is 157 Å². The lowest BCUT2D eigenvalue weighted by Crippen LogP contribution is -2.28. The van der Waals surface area contributed by atoms with Gasteiger partial charge in [0.25, 0.3) is 0 Å². The second-order valence-corrected chi connectivity index (χ2v) is 38.5. The fourth-order valence-corrected chi connectivity index (χ4v) is 11.2. The van der Waals surface area contributed by atoms with E-state index in [-0.39, 0.29) is 120 Å². The Bertz CT molecular complexity index is 5300. The van der Waals surface area contributed by atoms with E-state index in [1.54, 1.807) is 83.1 Å². The van der Waals surface area contributed by atoms with Crippen molar-refractivity contribution in [2.24, 2.45) is 37.9 Å². The predicted molar refractivity (Wildman–Crippen MR) is 469 cm³/mol. The molecule has 0 unspecified atom stereocenters. The highest BCUT2D eigenvalue weighted by atomic mass is 35.5. The molecule has 7 aromatic rings. The minimum absolute atomic E-state index is 0.0236. The van der Waals surface area contributed by atoms with Crippen LogP contribution in [0.1, 0.15) is 237 Å². The number of phenols is 14. The first kappa shape index (κ1) is 112. The van der Waals surface area contributed by atoms with Crippen molar-refractivity contribution in [3.63, 3.8) is 0 Å². The standard InChI is InChI=1S/C13H14Cl2O4.2C13H15ClO4.C12H12Cl2O4.3C12H13ClO4/c1-13(2,3)5-8(16)10(17)6-4-7(14)11(18)12(19)9(6)15;1-13(2,3)6-10(16)11(17)7-4-8(14)12(18)9(15)5-7;1-13(2,3)6-9(16)11(17)7-4-5-8(15)12(18)10(7)14;1-12(2,3)11(18)8(15)5-4-6(13)9(16)10(17)7(5)14;1-12(2,3)11(17)10(16)6-4-8(14)9(15)5-7(6)13;1-12(2,3)11(17)9(15)6-4-7(13)10(16)8(14)5-6;1-12(2,3)11(17)9(15)6-4-5-7(14)10(16)8(6)13/h4,18-19H,5H2,1-3H3;2*4-5,15,18H,6H2,1-3H3;4,16-17H,1-3H3;4-5,14-15H,1-3H3;2*4-5,14,16H,1-3H3. The molecule has 0 saturated carbocycles. The van der Waals surface area contributed by atoms with Crippen molar-refractivity contribution in [2.75, 3.05) is 0 Å². The van der Waals surface area contributed by atoms with Gasteiger partial charge in [-0.1, -0.05) is 250 Å². The topological polar surface area (TPSA) is 522 Å². The number of ketones is 14. The second-order valence-electron chi connectivity index (χ2n) is 35.0. The van der Waals surface area contributed by atoms with Crippen LogP contribution in [0.2, 0.25) is 45.2 Å². The summed E-state index contributed by atoms with van der Waals surface area (Å²) >= 11 is 51.1. The fraction of sp³-hybridized carbons (Fsp3) is 0.356. The lowest BCUT2D eigenvalue weighted by Gasteiger charge is -2.16. The van der Waals surface area contributed by atoms with Gasteiger partial charge in [-0.3, -0.25) is 67.1 Å². The minimum Gasteiger partial charge on any atom is -0.504 e. The zero-order chi connectivity index (χ0) is 97.5. The van der Waals surface area contributed by atoms with E-state index >= 15 is 0 Å². The Morgan fingerprint density at radius 2 is 0.460 bits per heavy atom. The normalized spacial score (nSPS) is 11.3. The van der Waals surface area contributed by atoms with Gasteiger partial charge in [-0.05, 0) is 83.0 Å². The van der Waals surface area contributed by atoms with Crippen LogP contribution < -0.4 is 0 Å². The third-order valence-corrected chi connectivity index (χ3v) is 18.8. The van der Waals surface area contributed by atoms with Crippen LogP contribution in [0, 0.1) is 37.9 Å². The van der Waals surface area contributed by atoms with Crippen molar-refractivity contribution < 1.29 is 139 Å². The molecule has 0 radical (unpaired) electrons. The van der Waals surface area contributed by atoms with Crippen molar-refractivity contribution in [2.45, 2.75) is 165 Å². The van der Waals surface area contributed by atoms with Crippen LogP contribution >= 0.6 is 104 Å². The molecule has 0 aliphatic carbocycles. The molecule has 0 amide bonds. The lowest BCUT2D eigenvalue weighted by molar-refractivity contribution is -0.122. The highest BCUT2D eigenvalue weighted by molar-refractivity contribution is 6.53. The lowest BCUT2D eigenvalue weighted by atomic mass is 9.86. The first-order valence-electron chi connectivity index (χ1n) is 36.3. The summed E-state index contributed by atoms with van der Waals surface area (Å²) in [5, 5.41) is 128. The molecule has 0 spiro atoms. The Labute approximate surface area is 758 Å². The van der Waals surface area contributed by atoms with Gasteiger partial charge in [0, 0.05) is 85.9 Å². The Morgan fingerprint density at radius 3 is 0.766 bits per heavy atom. The van der Waals surface area contributed by atoms with Crippen molar-refractivity contribution >= 4 is 185 Å². The number of halogens is 9. The second kappa shape index (κ2) is 44.1. The molecule has 0 aliphatic heterocycles. The van der Waals surface area contributed by atoms with Gasteiger partial charge < -0.3 is 71.5 Å². The number of carbonyl (C=O) groups excluding carboxylic acids is 14. The van der Waals surface area contributed by atoms with E-state index in [2.05, 4.69) is 0 Å². The summed E-state index contributed by atoms with van der Waals surface area (Å²) < 4.78 is 0. The summed E-state index contributed by atoms with van der Waals surface area (Å²) in [6, 6.07) is 13.2. The van der Waals surface area contributed by atoms with Crippen LogP contribution in [0.5, 0.6) is 80.5 Å². The summed E-state index contributed by atoms with van der Waals surface area (Å²) in [5.41, 5.74) is -5.09. The molecule has 0 saturated heterocycles. The fourth-order valence-electron chi connectivity index (χ4n) is 9.16. The van der Waals surface area contributed by atoms with Gasteiger partial charge in [-0.15, -0.1) is 0 Å². The molecule has 124 heavy (non-hydrogen) atoms. The van der Waals surface area contributed by atoms with E-state index in [1.807, 2.05) is 62.3 Å². The summed E-state index contributed by atoms with van der Waals surface area (Å²) in [7, 11) is 0. The largest absolute Gasteiger partial charge is 0.504 e. The first-order valence-corrected chi connectivity index (χ1v) is 39.7. The van der Waals surface area contributed by atoms with E-state index in [4.69, 9.17) is 104 Å². The van der Waals surface area contributed by atoms with Crippen LogP contribution in [0.15, 0.2) is 72.8 Å². The molecule has 0 fully saturated rings. The van der Waals surface area contributed by atoms with E-state index < -0.39 is 183 Å². The van der Waals surface area contributed by atoms with Crippen LogP contribution in [-0.4, -0.2) is 152 Å². The molecule has 37 heteroatoms. The molecule has 14 N–H and O–H groups in total. The van der Waals surface area contributed by atoms with Crippen molar-refractivity contribution in [1.82, 2.24) is 0 Å². The Balaban J connectivity index is 0.000000724. The molecular weight excluding hydrogens is 1810 g/mol. The number of phenolic OH excluding ortho intramolecular Hbond substituents is 14. The van der Waals surface area contributed by atoms with Gasteiger partial charge in [0.2, 0.25) is 81.0 Å². The van der Waals surface area contributed by atoms with Gasteiger partial charge in [0.15, 0.2) is 80.5 Å². The Hall–Kier alpha value is -10.3. The number of Topliss-reactive ketones (excluding diaryl/α,β-unsaturated/α-hetero) is 14. The van der Waals surface area contributed by atoms with E-state index in [0.29, 0.717) is 0 Å². The molecule has 0 heterocycles. The first-order chi connectivity index (χ1) is 55.8. The van der Waals surface area contributed by atoms with Gasteiger partial charge in [0.1, 0.15) is 0 Å². The molecule has 7 rings (SSSR count). The number of hydrogen-bond donors (Lipinski definition) is 14. The minimum atomic E-state index is -0.875. The maximum atomic E-state index is 12.0. The number of rotatable bonds is 17. The molecule has 0 atom stereocenters. The number of aromatic hydroxyl groups is 14.